The zero-order valence-corrected chi connectivity index (χ0v) is 17.1. The molecule has 0 bridgehead atoms. The van der Waals surface area contributed by atoms with Gasteiger partial charge in [-0.1, -0.05) is 49.0 Å². The van der Waals surface area contributed by atoms with Gasteiger partial charge in [0.05, 0.1) is 12.0 Å². The number of ether oxygens (including phenoxy) is 1. The van der Waals surface area contributed by atoms with E-state index >= 15 is 0 Å². The van der Waals surface area contributed by atoms with E-state index in [-0.39, 0.29) is 24.2 Å². The molecular formula is C21H23NO6S. The van der Waals surface area contributed by atoms with Crippen LogP contribution in [0.25, 0.3) is 4.91 Å². The molecule has 2 aliphatic heterocycles. The van der Waals surface area contributed by atoms with Gasteiger partial charge in [0.15, 0.2) is 0 Å². The van der Waals surface area contributed by atoms with E-state index in [2.05, 4.69) is 6.58 Å². The number of fused-ring (bicyclic) bond motifs is 1. The number of rotatable bonds is 8. The van der Waals surface area contributed by atoms with Crippen LogP contribution < -0.4 is 0 Å². The largest absolute Gasteiger partial charge is 0.477 e. The number of nitrogens with zero attached hydrogens (tertiary/aromatic N) is 1. The molecule has 1 fully saturated rings. The maximum absolute atomic E-state index is 12.8. The number of amides is 1. The number of carboxylic acids is 1. The molecule has 1 aromatic carbocycles. The summed E-state index contributed by atoms with van der Waals surface area (Å²) in [6.07, 6.45) is 1.54. The lowest BCUT2D eigenvalue weighted by atomic mass is 9.78. The number of aliphatic carboxylic acids is 1. The number of aliphatic hydroxyl groups excluding tert-OH is 1. The molecule has 0 radical (unpaired) electrons. The molecule has 29 heavy (non-hydrogen) atoms. The van der Waals surface area contributed by atoms with Crippen LogP contribution in [0.4, 0.5) is 0 Å². The summed E-state index contributed by atoms with van der Waals surface area (Å²) in [4.78, 5) is 36.7. The highest BCUT2D eigenvalue weighted by molar-refractivity contribution is 8.10. The van der Waals surface area contributed by atoms with E-state index in [0.29, 0.717) is 23.3 Å². The smallest absolute Gasteiger partial charge is 0.353 e. The van der Waals surface area contributed by atoms with Crippen LogP contribution >= 0.6 is 11.8 Å². The van der Waals surface area contributed by atoms with Crippen LogP contribution in [0.15, 0.2) is 42.6 Å². The summed E-state index contributed by atoms with van der Waals surface area (Å²) in [7, 11) is 0. The summed E-state index contributed by atoms with van der Waals surface area (Å²) in [6.45, 7) is 7.00. The van der Waals surface area contributed by atoms with Crippen LogP contribution in [0, 0.1) is 5.92 Å². The summed E-state index contributed by atoms with van der Waals surface area (Å²) >= 11 is 1.29. The van der Waals surface area contributed by atoms with Gasteiger partial charge in [-0.3, -0.25) is 14.5 Å². The molecule has 0 unspecified atom stereocenters. The maximum Gasteiger partial charge on any atom is 0.353 e. The second kappa shape index (κ2) is 8.04. The van der Waals surface area contributed by atoms with E-state index < -0.39 is 22.9 Å². The van der Waals surface area contributed by atoms with Crippen molar-refractivity contribution < 1.29 is 29.3 Å². The van der Waals surface area contributed by atoms with Crippen LogP contribution in [-0.2, 0) is 25.7 Å². The number of β-lactam (4-membered cyclic amide) rings is 1. The van der Waals surface area contributed by atoms with Gasteiger partial charge in [0.1, 0.15) is 17.2 Å². The molecule has 2 aliphatic rings. The Kier molecular flexibility index (Phi) is 5.86. The quantitative estimate of drug-likeness (QED) is 0.381. The summed E-state index contributed by atoms with van der Waals surface area (Å²) in [5.41, 5.74) is 1.34. The molecular weight excluding hydrogens is 394 g/mol. The lowest BCUT2D eigenvalue weighted by Crippen LogP contribution is -2.70. The van der Waals surface area contributed by atoms with Gasteiger partial charge in [-0.25, -0.2) is 4.79 Å². The summed E-state index contributed by atoms with van der Waals surface area (Å²) < 4.78 is 4.97. The average Bonchev–Trinajstić information content (AvgIpc) is 2.98. The van der Waals surface area contributed by atoms with Crippen LogP contribution in [0.3, 0.4) is 0 Å². The molecule has 154 valence electrons. The van der Waals surface area contributed by atoms with Gasteiger partial charge in [0.2, 0.25) is 5.91 Å². The Morgan fingerprint density at radius 1 is 1.38 bits per heavy atom. The molecule has 2 N–H and O–H groups in total. The molecule has 1 amide bonds. The van der Waals surface area contributed by atoms with Gasteiger partial charge in [0, 0.05) is 11.8 Å². The van der Waals surface area contributed by atoms with Gasteiger partial charge in [-0.2, -0.15) is 0 Å². The molecule has 2 heterocycles. The first-order valence-corrected chi connectivity index (χ1v) is 10.1. The first kappa shape index (κ1) is 21.1. The minimum Gasteiger partial charge on any atom is -0.477 e. The SMILES string of the molecule is C=CC[C@]12SC(c3ccc(COC(C)=O)cc3)=C(C(=O)O)N1C(=O)[C@H]2[C@@H](O)CC. The van der Waals surface area contributed by atoms with E-state index in [4.69, 9.17) is 4.74 Å². The van der Waals surface area contributed by atoms with Gasteiger partial charge in [-0.15, -0.1) is 6.58 Å². The Hall–Kier alpha value is -2.58. The normalized spacial score (nSPS) is 24.0. The second-order valence-corrected chi connectivity index (χ2v) is 8.35. The summed E-state index contributed by atoms with van der Waals surface area (Å²) in [5.74, 6) is -2.65. The first-order chi connectivity index (χ1) is 13.8. The zero-order chi connectivity index (χ0) is 21.3. The molecule has 0 spiro atoms. The van der Waals surface area contributed by atoms with Crippen molar-refractivity contribution >= 4 is 34.5 Å². The summed E-state index contributed by atoms with van der Waals surface area (Å²) in [6, 6.07) is 6.99. The third-order valence-corrected chi connectivity index (χ3v) is 6.76. The molecule has 8 heteroatoms. The van der Waals surface area contributed by atoms with Crippen molar-refractivity contribution in [2.45, 2.75) is 44.3 Å². The fourth-order valence-corrected chi connectivity index (χ4v) is 5.56. The van der Waals surface area contributed by atoms with Crippen molar-refractivity contribution in [2.75, 3.05) is 0 Å². The van der Waals surface area contributed by atoms with Crippen LogP contribution in [0.1, 0.15) is 37.8 Å². The maximum atomic E-state index is 12.8. The van der Waals surface area contributed by atoms with E-state index in [1.807, 2.05) is 0 Å². The van der Waals surface area contributed by atoms with E-state index in [1.54, 1.807) is 37.3 Å². The highest BCUT2D eigenvalue weighted by Crippen LogP contribution is 2.63. The average molecular weight is 417 g/mol. The molecule has 0 aliphatic carbocycles. The fraction of sp³-hybridized carbons (Fsp3) is 0.381. The van der Waals surface area contributed by atoms with Crippen LogP contribution in [0.2, 0.25) is 0 Å². The molecule has 1 saturated heterocycles. The van der Waals surface area contributed by atoms with Gasteiger partial charge >= 0.3 is 11.9 Å². The van der Waals surface area contributed by atoms with Crippen molar-refractivity contribution in [1.29, 1.82) is 0 Å². The van der Waals surface area contributed by atoms with Crippen molar-refractivity contribution in [2.24, 2.45) is 5.92 Å². The molecule has 0 aromatic heterocycles. The number of hydrogen-bond acceptors (Lipinski definition) is 6. The number of hydrogen-bond donors (Lipinski definition) is 2. The minimum absolute atomic E-state index is 0.0749. The van der Waals surface area contributed by atoms with Gasteiger partial charge in [-0.05, 0) is 24.0 Å². The van der Waals surface area contributed by atoms with Crippen molar-refractivity contribution in [1.82, 2.24) is 4.90 Å². The van der Waals surface area contributed by atoms with Gasteiger partial charge in [0.25, 0.3) is 0 Å². The molecule has 3 rings (SSSR count). The zero-order valence-electron chi connectivity index (χ0n) is 16.3. The lowest BCUT2D eigenvalue weighted by Gasteiger charge is -2.54. The number of benzene rings is 1. The summed E-state index contributed by atoms with van der Waals surface area (Å²) in [5, 5.41) is 20.2. The van der Waals surface area contributed by atoms with E-state index in [0.717, 1.165) is 5.56 Å². The third kappa shape index (κ3) is 3.47. The predicted octanol–water partition coefficient (Wildman–Crippen LogP) is 2.75. The number of carboxylic acid groups (broad SMARTS) is 1. The highest BCUT2D eigenvalue weighted by atomic mass is 32.2. The lowest BCUT2D eigenvalue weighted by molar-refractivity contribution is -0.167. The monoisotopic (exact) mass is 417 g/mol. The number of carbonyl (C=O) groups is 3. The van der Waals surface area contributed by atoms with Gasteiger partial charge < -0.3 is 14.9 Å². The minimum atomic E-state index is -1.19. The number of carbonyl (C=O) groups excluding carboxylic acids is 2. The molecule has 3 atom stereocenters. The predicted molar refractivity (Wildman–Crippen MR) is 108 cm³/mol. The highest BCUT2D eigenvalue weighted by Gasteiger charge is 2.68. The number of aliphatic hydroxyl groups is 1. The van der Waals surface area contributed by atoms with Crippen molar-refractivity contribution in [3.63, 3.8) is 0 Å². The van der Waals surface area contributed by atoms with E-state index in [1.165, 1.54) is 23.6 Å². The Balaban J connectivity index is 1.98. The second-order valence-electron chi connectivity index (χ2n) is 7.03. The molecule has 7 nitrogen and oxygen atoms in total. The van der Waals surface area contributed by atoms with Crippen molar-refractivity contribution in [3.8, 4) is 0 Å². The molecule has 1 aromatic rings. The Bertz CT molecular complexity index is 893. The van der Waals surface area contributed by atoms with Crippen molar-refractivity contribution in [3.05, 3.63) is 53.7 Å². The standard InChI is InChI=1S/C21H23NO6S/c1-4-10-21-16(15(24)5-2)19(25)22(21)17(20(26)27)18(29-21)14-8-6-13(7-9-14)11-28-12(3)23/h4,6-9,15-16,24H,1,5,10-11H2,2-3H3,(H,26,27)/t15-,16+,21+/m0/s1. The molecule has 0 saturated carbocycles. The fourth-order valence-electron chi connectivity index (χ4n) is 3.82. The number of thioether (sulfide) groups is 1. The number of esters is 1. The first-order valence-electron chi connectivity index (χ1n) is 9.29. The Labute approximate surface area is 173 Å². The van der Waals surface area contributed by atoms with E-state index in [9.17, 15) is 24.6 Å². The topological polar surface area (TPSA) is 104 Å². The Morgan fingerprint density at radius 2 is 2.03 bits per heavy atom. The third-order valence-electron chi connectivity index (χ3n) is 5.17. The van der Waals surface area contributed by atoms with Crippen LogP contribution in [-0.4, -0.2) is 43.9 Å². The van der Waals surface area contributed by atoms with Crippen LogP contribution in [0.5, 0.6) is 0 Å². The Morgan fingerprint density at radius 3 is 2.55 bits per heavy atom.